The molecule has 1 amide bonds. The van der Waals surface area contributed by atoms with Gasteiger partial charge in [-0.1, -0.05) is 30.3 Å². The highest BCUT2D eigenvalue weighted by Crippen LogP contribution is 2.41. The van der Waals surface area contributed by atoms with Crippen molar-refractivity contribution in [2.45, 2.75) is 19.4 Å². The highest BCUT2D eigenvalue weighted by Gasteiger charge is 2.43. The number of carbonyl (C=O) groups is 1. The number of nitrogens with zero attached hydrogens (tertiary/aromatic N) is 1. The van der Waals surface area contributed by atoms with Gasteiger partial charge in [0.15, 0.2) is 0 Å². The van der Waals surface area contributed by atoms with Crippen LogP contribution in [0.5, 0.6) is 0 Å². The lowest BCUT2D eigenvalue weighted by atomic mass is 10.0. The molecule has 2 aliphatic rings. The predicted molar refractivity (Wildman–Crippen MR) is 88.7 cm³/mol. The van der Waals surface area contributed by atoms with Crippen LogP contribution in [0.25, 0.3) is 0 Å². The molecule has 7 heteroatoms. The Morgan fingerprint density at radius 2 is 1.79 bits per heavy atom. The number of hydrogen-bond acceptors (Lipinski definition) is 5. The molecule has 0 radical (unpaired) electrons. The molecular formula is C17H23NO5S. The first-order chi connectivity index (χ1) is 11.4. The van der Waals surface area contributed by atoms with Crippen molar-refractivity contribution in [3.8, 4) is 0 Å². The Kier molecular flexibility index (Phi) is 5.10. The molecule has 24 heavy (non-hydrogen) atoms. The normalized spacial score (nSPS) is 26.4. The van der Waals surface area contributed by atoms with Gasteiger partial charge in [0.05, 0.1) is 12.9 Å². The van der Waals surface area contributed by atoms with Gasteiger partial charge < -0.3 is 9.64 Å². The van der Waals surface area contributed by atoms with Crippen LogP contribution in [0, 0.1) is 17.8 Å². The fourth-order valence-corrected chi connectivity index (χ4v) is 4.18. The van der Waals surface area contributed by atoms with Crippen LogP contribution in [0.15, 0.2) is 30.3 Å². The molecule has 1 aromatic carbocycles. The van der Waals surface area contributed by atoms with Gasteiger partial charge in [0, 0.05) is 13.1 Å². The van der Waals surface area contributed by atoms with E-state index >= 15 is 0 Å². The zero-order valence-electron chi connectivity index (χ0n) is 13.8. The minimum atomic E-state index is -3.38. The fraction of sp³-hybridized carbons (Fsp3) is 0.588. The van der Waals surface area contributed by atoms with Gasteiger partial charge in [-0.3, -0.25) is 4.18 Å². The summed E-state index contributed by atoms with van der Waals surface area (Å²) >= 11 is 0. The van der Waals surface area contributed by atoms with Crippen molar-refractivity contribution in [1.82, 2.24) is 4.90 Å². The summed E-state index contributed by atoms with van der Waals surface area (Å²) in [6, 6.07) is 9.62. The Morgan fingerprint density at radius 1 is 1.17 bits per heavy atom. The summed E-state index contributed by atoms with van der Waals surface area (Å²) in [5.41, 5.74) is 0.975. The van der Waals surface area contributed by atoms with E-state index in [9.17, 15) is 13.2 Å². The van der Waals surface area contributed by atoms with Crippen LogP contribution in [0.2, 0.25) is 0 Å². The van der Waals surface area contributed by atoms with E-state index in [1.807, 2.05) is 30.3 Å². The Labute approximate surface area is 142 Å². The van der Waals surface area contributed by atoms with Crippen molar-refractivity contribution >= 4 is 16.2 Å². The van der Waals surface area contributed by atoms with E-state index in [2.05, 4.69) is 0 Å². The van der Waals surface area contributed by atoms with Crippen molar-refractivity contribution in [1.29, 1.82) is 0 Å². The molecule has 1 heterocycles. The first-order valence-electron chi connectivity index (χ1n) is 8.21. The van der Waals surface area contributed by atoms with E-state index in [0.29, 0.717) is 24.9 Å². The molecule has 2 fully saturated rings. The lowest BCUT2D eigenvalue weighted by Gasteiger charge is -2.19. The number of benzene rings is 1. The smallest absolute Gasteiger partial charge is 0.410 e. The van der Waals surface area contributed by atoms with E-state index in [4.69, 9.17) is 8.92 Å². The Balaban J connectivity index is 1.43. The number of fused-ring (bicyclic) bond motifs is 1. The van der Waals surface area contributed by atoms with E-state index in [1.54, 1.807) is 4.90 Å². The largest absolute Gasteiger partial charge is 0.445 e. The number of rotatable bonds is 5. The topological polar surface area (TPSA) is 72.9 Å². The molecule has 1 aliphatic carbocycles. The fourth-order valence-electron chi connectivity index (χ4n) is 3.74. The molecule has 0 bridgehead atoms. The molecule has 1 aliphatic heterocycles. The van der Waals surface area contributed by atoms with Gasteiger partial charge in [-0.15, -0.1) is 0 Å². The summed E-state index contributed by atoms with van der Waals surface area (Å²) in [5.74, 6) is 1.10. The Morgan fingerprint density at radius 3 is 2.38 bits per heavy atom. The third kappa shape index (κ3) is 4.48. The lowest BCUT2D eigenvalue weighted by Crippen LogP contribution is -2.30. The number of hydrogen-bond donors (Lipinski definition) is 0. The van der Waals surface area contributed by atoms with Crippen molar-refractivity contribution in [3.05, 3.63) is 35.9 Å². The summed E-state index contributed by atoms with van der Waals surface area (Å²) in [6.07, 6.45) is 2.62. The SMILES string of the molecule is CS(=O)(=O)OCC1CC2CN(C(=O)OCc3ccccc3)CC2C1. The molecule has 1 aromatic rings. The van der Waals surface area contributed by atoms with Crippen molar-refractivity contribution < 1.29 is 22.1 Å². The van der Waals surface area contributed by atoms with Crippen LogP contribution in [0.3, 0.4) is 0 Å². The predicted octanol–water partition coefficient (Wildman–Crippen LogP) is 2.26. The minimum absolute atomic E-state index is 0.254. The second kappa shape index (κ2) is 7.11. The standard InChI is InChI=1S/C17H23NO5S/c1-24(20,21)23-12-14-7-15-9-18(10-16(15)8-14)17(19)22-11-13-5-3-2-4-6-13/h2-6,14-16H,7-12H2,1H3. The summed E-state index contributed by atoms with van der Waals surface area (Å²) in [7, 11) is -3.38. The lowest BCUT2D eigenvalue weighted by molar-refractivity contribution is 0.100. The van der Waals surface area contributed by atoms with Gasteiger partial charge in [0.2, 0.25) is 0 Å². The first kappa shape index (κ1) is 17.2. The Bertz CT molecular complexity index is 661. The van der Waals surface area contributed by atoms with Gasteiger partial charge in [0.25, 0.3) is 10.1 Å². The molecule has 2 atom stereocenters. The zero-order valence-corrected chi connectivity index (χ0v) is 14.6. The molecule has 0 aromatic heterocycles. The third-order valence-corrected chi connectivity index (χ3v) is 5.39. The van der Waals surface area contributed by atoms with E-state index in [0.717, 1.165) is 24.7 Å². The van der Waals surface area contributed by atoms with Gasteiger partial charge in [-0.05, 0) is 36.2 Å². The average Bonchev–Trinajstić information content (AvgIpc) is 3.09. The van der Waals surface area contributed by atoms with Gasteiger partial charge in [0.1, 0.15) is 6.61 Å². The summed E-state index contributed by atoms with van der Waals surface area (Å²) < 4.78 is 32.4. The quantitative estimate of drug-likeness (QED) is 0.759. The number of likely N-dealkylation sites (tertiary alicyclic amines) is 1. The minimum Gasteiger partial charge on any atom is -0.445 e. The maximum atomic E-state index is 12.2. The van der Waals surface area contributed by atoms with E-state index in [-0.39, 0.29) is 25.2 Å². The first-order valence-corrected chi connectivity index (χ1v) is 10.0. The van der Waals surface area contributed by atoms with Crippen molar-refractivity contribution in [2.24, 2.45) is 17.8 Å². The maximum absolute atomic E-state index is 12.2. The zero-order chi connectivity index (χ0) is 17.2. The van der Waals surface area contributed by atoms with Crippen LogP contribution in [0.1, 0.15) is 18.4 Å². The van der Waals surface area contributed by atoms with Crippen LogP contribution < -0.4 is 0 Å². The van der Waals surface area contributed by atoms with Crippen molar-refractivity contribution in [2.75, 3.05) is 26.0 Å². The molecule has 0 N–H and O–H groups in total. The molecule has 132 valence electrons. The molecule has 1 saturated carbocycles. The molecule has 1 saturated heterocycles. The second-order valence-electron chi connectivity index (χ2n) is 6.79. The van der Waals surface area contributed by atoms with E-state index < -0.39 is 10.1 Å². The van der Waals surface area contributed by atoms with Crippen molar-refractivity contribution in [3.63, 3.8) is 0 Å². The summed E-state index contributed by atoms with van der Waals surface area (Å²) in [6.45, 7) is 1.92. The molecule has 3 rings (SSSR count). The maximum Gasteiger partial charge on any atom is 0.410 e. The van der Waals surface area contributed by atoms with Crippen LogP contribution >= 0.6 is 0 Å². The summed E-state index contributed by atoms with van der Waals surface area (Å²) in [4.78, 5) is 14.0. The average molecular weight is 353 g/mol. The highest BCUT2D eigenvalue weighted by molar-refractivity contribution is 7.85. The highest BCUT2D eigenvalue weighted by atomic mass is 32.2. The Hall–Kier alpha value is -1.60. The van der Waals surface area contributed by atoms with E-state index in [1.165, 1.54) is 0 Å². The third-order valence-electron chi connectivity index (χ3n) is 4.83. The second-order valence-corrected chi connectivity index (χ2v) is 8.44. The molecule has 0 spiro atoms. The van der Waals surface area contributed by atoms with Gasteiger partial charge in [-0.2, -0.15) is 8.42 Å². The number of carbonyl (C=O) groups excluding carboxylic acids is 1. The summed E-state index contributed by atoms with van der Waals surface area (Å²) in [5, 5.41) is 0. The van der Waals surface area contributed by atoms with Crippen LogP contribution in [0.4, 0.5) is 4.79 Å². The molecular weight excluding hydrogens is 330 g/mol. The molecule has 2 unspecified atom stereocenters. The number of amides is 1. The molecule has 6 nitrogen and oxygen atoms in total. The van der Waals surface area contributed by atoms with Gasteiger partial charge in [-0.25, -0.2) is 4.79 Å². The number of ether oxygens (including phenoxy) is 1. The van der Waals surface area contributed by atoms with Gasteiger partial charge >= 0.3 is 6.09 Å². The van der Waals surface area contributed by atoms with Crippen LogP contribution in [-0.2, 0) is 25.6 Å². The monoisotopic (exact) mass is 353 g/mol. The van der Waals surface area contributed by atoms with Crippen LogP contribution in [-0.4, -0.2) is 45.4 Å².